The fourth-order valence-corrected chi connectivity index (χ4v) is 7.39. The van der Waals surface area contributed by atoms with Crippen LogP contribution in [0.5, 0.6) is 0 Å². The summed E-state index contributed by atoms with van der Waals surface area (Å²) in [6.07, 6.45) is 4.00. The highest BCUT2D eigenvalue weighted by Crippen LogP contribution is 2.26. The Morgan fingerprint density at radius 2 is 1.82 bits per heavy atom. The lowest BCUT2D eigenvalue weighted by molar-refractivity contribution is -0.116. The third kappa shape index (κ3) is 6.15. The van der Waals surface area contributed by atoms with Crippen molar-refractivity contribution in [2.45, 2.75) is 23.5 Å². The van der Waals surface area contributed by atoms with Gasteiger partial charge in [-0.1, -0.05) is 23.7 Å². The van der Waals surface area contributed by atoms with Crippen LogP contribution >= 0.6 is 22.9 Å². The fourth-order valence-electron chi connectivity index (χ4n) is 4.58. The van der Waals surface area contributed by atoms with Crippen LogP contribution in [0.25, 0.3) is 16.6 Å². The molecule has 2 aromatic heterocycles. The zero-order valence-electron chi connectivity index (χ0n) is 20.6. The Hall–Kier alpha value is -3.05. The molecule has 1 N–H and O–H groups in total. The van der Waals surface area contributed by atoms with Crippen LogP contribution in [0.4, 0.5) is 5.69 Å². The van der Waals surface area contributed by atoms with Crippen molar-refractivity contribution in [3.63, 3.8) is 0 Å². The van der Waals surface area contributed by atoms with Crippen LogP contribution in [0.15, 0.2) is 69.9 Å². The maximum atomic E-state index is 13.2. The summed E-state index contributed by atoms with van der Waals surface area (Å²) >= 11 is 6.76. The van der Waals surface area contributed by atoms with E-state index in [4.69, 9.17) is 11.6 Å². The molecule has 0 radical (unpaired) electrons. The number of Topliss-reactive ketones (excluding diaryl/α,β-unsaturated/α-hetero) is 1. The Kier molecular flexibility index (Phi) is 7.94. The lowest BCUT2D eigenvalue weighted by Gasteiger charge is -2.15. The predicted octanol–water partition coefficient (Wildman–Crippen LogP) is 4.19. The van der Waals surface area contributed by atoms with Gasteiger partial charge in [-0.25, -0.2) is 13.4 Å². The van der Waals surface area contributed by atoms with E-state index in [-0.39, 0.29) is 16.2 Å². The summed E-state index contributed by atoms with van der Waals surface area (Å²) in [7, 11) is -3.72. The number of ketones is 1. The summed E-state index contributed by atoms with van der Waals surface area (Å²) in [5, 5.41) is 3.92. The number of carbonyl (C=O) groups excluding carboxylic acids is 1. The highest BCUT2D eigenvalue weighted by molar-refractivity contribution is 7.94. The van der Waals surface area contributed by atoms with Gasteiger partial charge in [-0.3, -0.25) is 14.2 Å². The van der Waals surface area contributed by atoms with Gasteiger partial charge in [0, 0.05) is 25.2 Å². The monoisotopic (exact) mass is 570 g/mol. The van der Waals surface area contributed by atoms with Crippen LogP contribution in [0, 0.1) is 0 Å². The van der Waals surface area contributed by atoms with Crippen LogP contribution in [0.2, 0.25) is 4.34 Å². The van der Waals surface area contributed by atoms with Crippen LogP contribution < -0.4 is 10.9 Å². The zero-order valence-corrected chi connectivity index (χ0v) is 23.0. The first-order valence-corrected chi connectivity index (χ1v) is 15.2. The Morgan fingerprint density at radius 3 is 2.53 bits per heavy atom. The highest BCUT2D eigenvalue weighted by Gasteiger charge is 2.21. The molecule has 0 unspecified atom stereocenters. The van der Waals surface area contributed by atoms with Gasteiger partial charge in [0.15, 0.2) is 15.6 Å². The molecule has 4 aromatic rings. The third-order valence-electron chi connectivity index (χ3n) is 6.54. The first kappa shape index (κ1) is 26.6. The van der Waals surface area contributed by atoms with E-state index in [0.29, 0.717) is 26.5 Å². The number of anilines is 1. The summed E-state index contributed by atoms with van der Waals surface area (Å²) in [5.74, 6) is -1.01. The van der Waals surface area contributed by atoms with E-state index in [1.807, 2.05) is 12.1 Å². The van der Waals surface area contributed by atoms with Gasteiger partial charge in [-0.05, 0) is 74.0 Å². The second-order valence-electron chi connectivity index (χ2n) is 9.33. The van der Waals surface area contributed by atoms with Crippen molar-refractivity contribution >= 4 is 55.1 Å². The molecule has 0 amide bonds. The van der Waals surface area contributed by atoms with E-state index in [9.17, 15) is 18.0 Å². The average molecular weight is 571 g/mol. The van der Waals surface area contributed by atoms with Crippen molar-refractivity contribution in [1.82, 2.24) is 14.5 Å². The molecule has 0 saturated carbocycles. The van der Waals surface area contributed by atoms with E-state index in [2.05, 4.69) is 15.2 Å². The molecule has 198 valence electrons. The van der Waals surface area contributed by atoms with Gasteiger partial charge in [0.05, 0.1) is 20.9 Å². The van der Waals surface area contributed by atoms with Gasteiger partial charge in [-0.15, -0.1) is 11.3 Å². The number of fused-ring (bicyclic) bond motifs is 1. The maximum absolute atomic E-state index is 13.2. The number of carbonyl (C=O) groups is 1. The topological polar surface area (TPSA) is 101 Å². The number of thiophene rings is 1. The number of nitrogens with zero attached hydrogens (tertiary/aromatic N) is 3. The lowest BCUT2D eigenvalue weighted by Crippen LogP contribution is -2.26. The van der Waals surface area contributed by atoms with Crippen LogP contribution in [0.3, 0.4) is 0 Å². The molecule has 0 atom stereocenters. The van der Waals surface area contributed by atoms with Gasteiger partial charge < -0.3 is 10.2 Å². The minimum Gasteiger partial charge on any atom is -0.384 e. The number of halogens is 1. The van der Waals surface area contributed by atoms with Crippen molar-refractivity contribution < 1.29 is 13.2 Å². The van der Waals surface area contributed by atoms with Crippen LogP contribution in [0.1, 0.15) is 18.4 Å². The summed E-state index contributed by atoms with van der Waals surface area (Å²) < 4.78 is 26.8. The number of hydrogen-bond donors (Lipinski definition) is 1. The molecule has 1 saturated heterocycles. The molecular weight excluding hydrogens is 544 g/mol. The van der Waals surface area contributed by atoms with Crippen molar-refractivity contribution in [2.75, 3.05) is 37.2 Å². The molecule has 1 fully saturated rings. The largest absolute Gasteiger partial charge is 0.384 e. The molecule has 3 heterocycles. The molecule has 8 nitrogen and oxygen atoms in total. The number of benzene rings is 2. The SMILES string of the molecule is O=C(Cc1ccc(-n2cnc3cc(NCCN4CCCC4)ccc3c2=O)cc1)CS(=O)(=O)c1ccc(Cl)s1. The van der Waals surface area contributed by atoms with Gasteiger partial charge in [0.1, 0.15) is 16.3 Å². The molecule has 38 heavy (non-hydrogen) atoms. The highest BCUT2D eigenvalue weighted by atomic mass is 35.5. The van der Waals surface area contributed by atoms with Crippen LogP contribution in [-0.4, -0.2) is 60.6 Å². The number of aromatic nitrogens is 2. The summed E-state index contributed by atoms with van der Waals surface area (Å²) in [6.45, 7) is 4.15. The van der Waals surface area contributed by atoms with Gasteiger partial charge in [0.2, 0.25) is 0 Å². The standard InChI is InChI=1S/C27H27ClN4O4S2/c28-25-9-10-26(37-25)38(35,36)17-22(33)15-19-3-6-21(7-4-19)32-18-30-24-16-20(5-8-23(24)27(32)34)29-11-14-31-12-1-2-13-31/h3-10,16,18,29H,1-2,11-15,17H2. The minimum absolute atomic E-state index is 0.0307. The minimum atomic E-state index is -3.72. The summed E-state index contributed by atoms with van der Waals surface area (Å²) in [4.78, 5) is 32.5. The Labute approximate surface area is 229 Å². The second kappa shape index (κ2) is 11.4. The Balaban J connectivity index is 1.24. The maximum Gasteiger partial charge on any atom is 0.265 e. The first-order valence-electron chi connectivity index (χ1n) is 12.4. The lowest BCUT2D eigenvalue weighted by atomic mass is 10.1. The van der Waals surface area contributed by atoms with Crippen LogP contribution in [-0.2, 0) is 21.1 Å². The van der Waals surface area contributed by atoms with E-state index in [1.165, 1.54) is 35.9 Å². The molecule has 0 bridgehead atoms. The van der Waals surface area contributed by atoms with Crippen molar-refractivity contribution in [1.29, 1.82) is 0 Å². The van der Waals surface area contributed by atoms with Crippen molar-refractivity contribution in [3.05, 3.63) is 81.2 Å². The summed E-state index contributed by atoms with van der Waals surface area (Å²) in [6, 6.07) is 15.3. The van der Waals surface area contributed by atoms with Gasteiger partial charge in [0.25, 0.3) is 5.56 Å². The summed E-state index contributed by atoms with van der Waals surface area (Å²) in [5.41, 5.74) is 2.62. The van der Waals surface area contributed by atoms with Crippen molar-refractivity contribution in [2.24, 2.45) is 0 Å². The third-order valence-corrected chi connectivity index (χ3v) is 10.0. The molecule has 1 aliphatic heterocycles. The predicted molar refractivity (Wildman–Crippen MR) is 152 cm³/mol. The van der Waals surface area contributed by atoms with E-state index < -0.39 is 21.4 Å². The molecule has 0 aliphatic carbocycles. The van der Waals surface area contributed by atoms with Crippen molar-refractivity contribution in [3.8, 4) is 5.69 Å². The quantitative estimate of drug-likeness (QED) is 0.305. The number of nitrogens with one attached hydrogen (secondary N) is 1. The molecule has 11 heteroatoms. The molecule has 5 rings (SSSR count). The van der Waals surface area contributed by atoms with E-state index in [0.717, 1.165) is 43.2 Å². The Bertz CT molecular complexity index is 1630. The zero-order chi connectivity index (χ0) is 26.7. The first-order chi connectivity index (χ1) is 18.3. The number of likely N-dealkylation sites (tertiary alicyclic amines) is 1. The average Bonchev–Trinajstić information content (AvgIpc) is 3.57. The molecule has 0 spiro atoms. The van der Waals surface area contributed by atoms with Gasteiger partial charge in [-0.2, -0.15) is 0 Å². The Morgan fingerprint density at radius 1 is 1.05 bits per heavy atom. The number of sulfone groups is 1. The van der Waals surface area contributed by atoms with Gasteiger partial charge >= 0.3 is 0 Å². The molecule has 1 aliphatic rings. The fraction of sp³-hybridized carbons (Fsp3) is 0.296. The van der Waals surface area contributed by atoms with E-state index in [1.54, 1.807) is 30.3 Å². The normalized spacial score (nSPS) is 14.2. The molecular formula is C27H27ClN4O4S2. The smallest absolute Gasteiger partial charge is 0.265 e. The second-order valence-corrected chi connectivity index (χ2v) is 13.3. The molecule has 2 aromatic carbocycles. The number of rotatable bonds is 10. The number of hydrogen-bond acceptors (Lipinski definition) is 8. The van der Waals surface area contributed by atoms with E-state index >= 15 is 0 Å².